The second-order valence-electron chi connectivity index (χ2n) is 6.30. The number of halogens is 1. The van der Waals surface area contributed by atoms with Gasteiger partial charge in [0.15, 0.2) is 0 Å². The standard InChI is InChI=1S/C23H21ClN2O/c1-27-20-13-11-19(12-14-20)26-23(21-9-5-6-10-22(21)24)18(16-25)15-17-7-3-2-4-8-17/h2-14,18,23,26H,15H2,1H3/t18-,23-/m0/s1. The van der Waals surface area contributed by atoms with Crippen LogP contribution in [0.3, 0.4) is 0 Å². The molecule has 1 N–H and O–H groups in total. The predicted molar refractivity (Wildman–Crippen MR) is 110 cm³/mol. The van der Waals surface area contributed by atoms with Gasteiger partial charge in [-0.2, -0.15) is 5.26 Å². The summed E-state index contributed by atoms with van der Waals surface area (Å²) in [6.07, 6.45) is 0.635. The molecule has 0 aliphatic rings. The predicted octanol–water partition coefficient (Wildman–Crippen LogP) is 5.88. The molecule has 0 aliphatic carbocycles. The molecule has 0 bridgehead atoms. The van der Waals surface area contributed by atoms with Crippen molar-refractivity contribution >= 4 is 17.3 Å². The number of rotatable bonds is 7. The summed E-state index contributed by atoms with van der Waals surface area (Å²) >= 11 is 6.47. The lowest BCUT2D eigenvalue weighted by Crippen LogP contribution is -2.22. The minimum absolute atomic E-state index is 0.239. The molecule has 3 aromatic rings. The summed E-state index contributed by atoms with van der Waals surface area (Å²) in [5.41, 5.74) is 2.95. The molecule has 0 fully saturated rings. The fourth-order valence-corrected chi connectivity index (χ4v) is 3.35. The molecule has 0 amide bonds. The van der Waals surface area contributed by atoms with Crippen molar-refractivity contribution in [3.05, 3.63) is 95.0 Å². The maximum Gasteiger partial charge on any atom is 0.119 e. The Hall–Kier alpha value is -2.96. The number of anilines is 1. The van der Waals surface area contributed by atoms with E-state index in [1.165, 1.54) is 0 Å². The number of nitrogens with one attached hydrogen (secondary N) is 1. The first-order chi connectivity index (χ1) is 13.2. The SMILES string of the molecule is COc1ccc(N[C@H](c2ccccc2Cl)[C@H](C#N)Cc2ccccc2)cc1. The molecule has 0 heterocycles. The molecule has 0 radical (unpaired) electrons. The van der Waals surface area contributed by atoms with Crippen LogP contribution in [0.1, 0.15) is 17.2 Å². The summed E-state index contributed by atoms with van der Waals surface area (Å²) in [5, 5.41) is 14.1. The van der Waals surface area contributed by atoms with Crippen LogP contribution >= 0.6 is 11.6 Å². The maximum absolute atomic E-state index is 9.92. The minimum Gasteiger partial charge on any atom is -0.497 e. The van der Waals surface area contributed by atoms with Crippen LogP contribution in [0, 0.1) is 17.2 Å². The molecule has 0 spiro atoms. The second-order valence-corrected chi connectivity index (χ2v) is 6.70. The third-order valence-corrected chi connectivity index (χ3v) is 4.86. The molecule has 0 saturated heterocycles. The van der Waals surface area contributed by atoms with E-state index in [9.17, 15) is 5.26 Å². The summed E-state index contributed by atoms with van der Waals surface area (Å²) in [7, 11) is 1.64. The van der Waals surface area contributed by atoms with Crippen molar-refractivity contribution in [3.63, 3.8) is 0 Å². The molecule has 27 heavy (non-hydrogen) atoms. The van der Waals surface area contributed by atoms with Crippen LogP contribution in [0.5, 0.6) is 5.75 Å². The van der Waals surface area contributed by atoms with E-state index in [4.69, 9.17) is 16.3 Å². The van der Waals surface area contributed by atoms with Gasteiger partial charge in [-0.1, -0.05) is 60.1 Å². The topological polar surface area (TPSA) is 45.0 Å². The fourth-order valence-electron chi connectivity index (χ4n) is 3.10. The first kappa shape index (κ1) is 18.8. The number of nitriles is 1. The first-order valence-corrected chi connectivity index (χ1v) is 9.17. The Morgan fingerprint density at radius 2 is 1.63 bits per heavy atom. The zero-order valence-corrected chi connectivity index (χ0v) is 15.9. The molecule has 0 unspecified atom stereocenters. The molecule has 3 aromatic carbocycles. The van der Waals surface area contributed by atoms with Crippen LogP contribution in [0.4, 0.5) is 5.69 Å². The van der Waals surface area contributed by atoms with Crippen molar-refractivity contribution in [2.45, 2.75) is 12.5 Å². The van der Waals surface area contributed by atoms with E-state index in [0.29, 0.717) is 11.4 Å². The van der Waals surface area contributed by atoms with Gasteiger partial charge < -0.3 is 10.1 Å². The van der Waals surface area contributed by atoms with E-state index in [2.05, 4.69) is 11.4 Å². The van der Waals surface area contributed by atoms with E-state index in [1.807, 2.05) is 78.9 Å². The Labute approximate surface area is 165 Å². The minimum atomic E-state index is -0.283. The van der Waals surface area contributed by atoms with Crippen LogP contribution in [0.25, 0.3) is 0 Å². The third kappa shape index (κ3) is 4.81. The van der Waals surface area contributed by atoms with Gasteiger partial charge in [0.1, 0.15) is 5.75 Å². The van der Waals surface area contributed by atoms with Crippen molar-refractivity contribution in [2.24, 2.45) is 5.92 Å². The van der Waals surface area contributed by atoms with Crippen LogP contribution in [0.15, 0.2) is 78.9 Å². The van der Waals surface area contributed by atoms with Crippen LogP contribution in [0.2, 0.25) is 5.02 Å². The Morgan fingerprint density at radius 1 is 0.963 bits per heavy atom. The lowest BCUT2D eigenvalue weighted by molar-refractivity contribution is 0.415. The van der Waals surface area contributed by atoms with Gasteiger partial charge in [0.05, 0.1) is 25.1 Å². The van der Waals surface area contributed by atoms with Gasteiger partial charge in [-0.15, -0.1) is 0 Å². The average molecular weight is 377 g/mol. The molecule has 2 atom stereocenters. The summed E-state index contributed by atoms with van der Waals surface area (Å²) < 4.78 is 5.22. The molecule has 0 saturated carbocycles. The van der Waals surface area contributed by atoms with Crippen LogP contribution in [-0.4, -0.2) is 7.11 Å². The van der Waals surface area contributed by atoms with Crippen molar-refractivity contribution in [1.29, 1.82) is 5.26 Å². The Balaban J connectivity index is 1.93. The van der Waals surface area contributed by atoms with E-state index in [-0.39, 0.29) is 12.0 Å². The third-order valence-electron chi connectivity index (χ3n) is 4.52. The van der Waals surface area contributed by atoms with E-state index >= 15 is 0 Å². The van der Waals surface area contributed by atoms with Gasteiger partial charge in [0.25, 0.3) is 0 Å². The second kappa shape index (κ2) is 9.12. The van der Waals surface area contributed by atoms with Gasteiger partial charge in [-0.05, 0) is 47.9 Å². The monoisotopic (exact) mass is 376 g/mol. The van der Waals surface area contributed by atoms with E-state index in [1.54, 1.807) is 7.11 Å². The number of nitrogens with zero attached hydrogens (tertiary/aromatic N) is 1. The highest BCUT2D eigenvalue weighted by Crippen LogP contribution is 2.33. The highest BCUT2D eigenvalue weighted by molar-refractivity contribution is 6.31. The summed E-state index contributed by atoms with van der Waals surface area (Å²) in [4.78, 5) is 0. The van der Waals surface area contributed by atoms with Crippen molar-refractivity contribution in [3.8, 4) is 11.8 Å². The van der Waals surface area contributed by atoms with E-state index in [0.717, 1.165) is 22.6 Å². The van der Waals surface area contributed by atoms with Gasteiger partial charge in [-0.25, -0.2) is 0 Å². The first-order valence-electron chi connectivity index (χ1n) is 8.80. The largest absolute Gasteiger partial charge is 0.497 e. The molecule has 4 heteroatoms. The average Bonchev–Trinajstić information content (AvgIpc) is 2.72. The lowest BCUT2D eigenvalue weighted by atomic mass is 9.88. The smallest absolute Gasteiger partial charge is 0.119 e. The van der Waals surface area contributed by atoms with Gasteiger partial charge >= 0.3 is 0 Å². The highest BCUT2D eigenvalue weighted by Gasteiger charge is 2.25. The summed E-state index contributed by atoms with van der Waals surface area (Å²) in [5.74, 6) is 0.505. The lowest BCUT2D eigenvalue weighted by Gasteiger charge is -2.26. The highest BCUT2D eigenvalue weighted by atomic mass is 35.5. The molecule has 0 aromatic heterocycles. The quantitative estimate of drug-likeness (QED) is 0.559. The van der Waals surface area contributed by atoms with Crippen molar-refractivity contribution < 1.29 is 4.74 Å². The molecule has 0 aliphatic heterocycles. The molecule has 3 rings (SSSR count). The number of methoxy groups -OCH3 is 1. The molecular formula is C23H21ClN2O. The Kier molecular flexibility index (Phi) is 6.35. The van der Waals surface area contributed by atoms with Gasteiger partial charge in [0.2, 0.25) is 0 Å². The van der Waals surface area contributed by atoms with Crippen molar-refractivity contribution in [1.82, 2.24) is 0 Å². The van der Waals surface area contributed by atoms with Crippen LogP contribution in [-0.2, 0) is 6.42 Å². The molecular weight excluding hydrogens is 356 g/mol. The number of benzene rings is 3. The number of hydrogen-bond donors (Lipinski definition) is 1. The van der Waals surface area contributed by atoms with Gasteiger partial charge in [-0.3, -0.25) is 0 Å². The fraction of sp³-hybridized carbons (Fsp3) is 0.174. The Bertz CT molecular complexity index is 904. The van der Waals surface area contributed by atoms with E-state index < -0.39 is 0 Å². The molecule has 3 nitrogen and oxygen atoms in total. The zero-order chi connectivity index (χ0) is 19.1. The summed E-state index contributed by atoms with van der Waals surface area (Å²) in [6.45, 7) is 0. The zero-order valence-electron chi connectivity index (χ0n) is 15.1. The number of hydrogen-bond acceptors (Lipinski definition) is 3. The maximum atomic E-state index is 9.92. The number of ether oxygens (including phenoxy) is 1. The van der Waals surface area contributed by atoms with Crippen molar-refractivity contribution in [2.75, 3.05) is 12.4 Å². The normalized spacial score (nSPS) is 12.6. The van der Waals surface area contributed by atoms with Gasteiger partial charge in [0, 0.05) is 10.7 Å². The van der Waals surface area contributed by atoms with Crippen LogP contribution < -0.4 is 10.1 Å². The Morgan fingerprint density at radius 3 is 2.26 bits per heavy atom. The molecule has 136 valence electrons. The summed E-state index contributed by atoms with van der Waals surface area (Å²) in [6, 6.07) is 27.6.